The van der Waals surface area contributed by atoms with Crippen molar-refractivity contribution in [1.82, 2.24) is 9.55 Å². The van der Waals surface area contributed by atoms with Gasteiger partial charge in [0.15, 0.2) is 6.23 Å². The zero-order chi connectivity index (χ0) is 30.5. The number of phosphoric acid groups is 1. The lowest BCUT2D eigenvalue weighted by Crippen LogP contribution is -2.57. The third-order valence-electron chi connectivity index (χ3n) is 6.64. The summed E-state index contributed by atoms with van der Waals surface area (Å²) in [6.45, 7) is -2.11. The minimum absolute atomic E-state index is 0.104. The molecule has 0 aromatic carbocycles. The summed E-state index contributed by atoms with van der Waals surface area (Å²) < 4.78 is 40.0. The van der Waals surface area contributed by atoms with Crippen LogP contribution in [0.15, 0.2) is 17.1 Å². The monoisotopic (exact) mass is 615 g/mol. The van der Waals surface area contributed by atoms with Gasteiger partial charge in [0.05, 0.1) is 31.5 Å². The standard InChI is InChI=1S/C20H34N5O15P/c21-14-1-3-25(19(33)24-14)17-16(31)15(30)13(36-17)8-35-41(34,40-23)39-20(18(32)38-22)6-9(28)5-12(37-20)10(2-4-26)11(29)7-27/h1,3,9-13,15-17,26-31H,2,4-8,22-23H2,(H2,21,24,33)/t9?,10?,11-,12?,13?,15?,16?,17?,20?,41?/m1/s1. The number of rotatable bonds is 13. The van der Waals surface area contributed by atoms with Crippen molar-refractivity contribution in [3.63, 3.8) is 0 Å². The second-order valence-electron chi connectivity index (χ2n) is 9.36. The number of aliphatic hydroxyl groups is 6. The minimum atomic E-state index is -5.08. The van der Waals surface area contributed by atoms with Crippen molar-refractivity contribution >= 4 is 19.6 Å². The number of anilines is 1. The first-order valence-corrected chi connectivity index (χ1v) is 13.7. The van der Waals surface area contributed by atoms with Crippen LogP contribution in [0.25, 0.3) is 0 Å². The molecule has 0 aliphatic carbocycles. The predicted octanol–water partition coefficient (Wildman–Crippen LogP) is -4.52. The van der Waals surface area contributed by atoms with Gasteiger partial charge in [0, 0.05) is 31.6 Å². The van der Waals surface area contributed by atoms with Crippen molar-refractivity contribution in [2.45, 2.75) is 67.9 Å². The van der Waals surface area contributed by atoms with Gasteiger partial charge in [-0.15, -0.1) is 0 Å². The molecule has 21 heteroatoms. The molecule has 0 spiro atoms. The molecule has 12 N–H and O–H groups in total. The number of phosphoric ester groups is 1. The molecule has 2 aliphatic heterocycles. The fourth-order valence-electron chi connectivity index (χ4n) is 4.63. The molecule has 3 heterocycles. The molecule has 2 fully saturated rings. The fraction of sp³-hybridized carbons (Fsp3) is 0.750. The Bertz CT molecular complexity index is 1140. The van der Waals surface area contributed by atoms with Gasteiger partial charge in [0.2, 0.25) is 0 Å². The van der Waals surface area contributed by atoms with Gasteiger partial charge >= 0.3 is 19.5 Å². The van der Waals surface area contributed by atoms with Crippen LogP contribution in [0.3, 0.4) is 0 Å². The van der Waals surface area contributed by atoms with Crippen LogP contribution in [-0.4, -0.2) is 108 Å². The number of aromatic nitrogens is 2. The molecular weight excluding hydrogens is 581 g/mol. The van der Waals surface area contributed by atoms with Crippen molar-refractivity contribution in [3.05, 3.63) is 22.7 Å². The van der Waals surface area contributed by atoms with Crippen molar-refractivity contribution in [3.8, 4) is 0 Å². The second-order valence-corrected chi connectivity index (χ2v) is 10.9. The average Bonchev–Trinajstić information content (AvgIpc) is 3.22. The molecule has 9 unspecified atom stereocenters. The van der Waals surface area contributed by atoms with E-state index in [1.807, 2.05) is 0 Å². The Morgan fingerprint density at radius 1 is 1.27 bits per heavy atom. The lowest BCUT2D eigenvalue weighted by Gasteiger charge is -2.43. The zero-order valence-corrected chi connectivity index (χ0v) is 22.3. The van der Waals surface area contributed by atoms with Crippen molar-refractivity contribution in [1.29, 1.82) is 0 Å². The Morgan fingerprint density at radius 2 is 1.98 bits per heavy atom. The highest BCUT2D eigenvalue weighted by atomic mass is 31.2. The molecule has 0 saturated carbocycles. The average molecular weight is 615 g/mol. The van der Waals surface area contributed by atoms with Gasteiger partial charge in [-0.1, -0.05) is 0 Å². The van der Waals surface area contributed by atoms with E-state index in [4.69, 9.17) is 36.0 Å². The first kappa shape index (κ1) is 33.4. The van der Waals surface area contributed by atoms with Crippen molar-refractivity contribution in [2.24, 2.45) is 17.7 Å². The first-order valence-electron chi connectivity index (χ1n) is 12.2. The summed E-state index contributed by atoms with van der Waals surface area (Å²) in [6, 6.07) is 1.24. The molecule has 2 saturated heterocycles. The Balaban J connectivity index is 1.81. The summed E-state index contributed by atoms with van der Waals surface area (Å²) in [5.74, 6) is 4.67. The summed E-state index contributed by atoms with van der Waals surface area (Å²) in [7, 11) is -5.08. The largest absolute Gasteiger partial charge is 0.494 e. The van der Waals surface area contributed by atoms with Crippen LogP contribution in [0.2, 0.25) is 0 Å². The second kappa shape index (κ2) is 13.9. The number of ether oxygens (including phenoxy) is 2. The Labute approximate surface area is 231 Å². The van der Waals surface area contributed by atoms with E-state index in [2.05, 4.69) is 14.4 Å². The number of hydrogen-bond donors (Lipinski definition) is 9. The number of hydrogen-bond acceptors (Lipinski definition) is 19. The van der Waals surface area contributed by atoms with E-state index in [-0.39, 0.29) is 18.7 Å². The van der Waals surface area contributed by atoms with E-state index in [0.717, 1.165) is 10.8 Å². The van der Waals surface area contributed by atoms with Crippen LogP contribution >= 0.6 is 7.82 Å². The molecule has 2 aliphatic rings. The summed E-state index contributed by atoms with van der Waals surface area (Å²) in [5.41, 5.74) is 4.54. The molecule has 20 nitrogen and oxygen atoms in total. The Hall–Kier alpha value is -2.14. The van der Waals surface area contributed by atoms with Gasteiger partial charge in [-0.3, -0.25) is 9.09 Å². The maximum atomic E-state index is 13.4. The Kier molecular flexibility index (Phi) is 11.3. The topological polar surface area (TPSA) is 324 Å². The first-order chi connectivity index (χ1) is 19.3. The molecule has 1 aromatic rings. The third kappa shape index (κ3) is 7.45. The Morgan fingerprint density at radius 3 is 2.56 bits per heavy atom. The lowest BCUT2D eigenvalue weighted by atomic mass is 9.85. The van der Waals surface area contributed by atoms with Crippen molar-refractivity contribution < 1.29 is 68.0 Å². The highest BCUT2D eigenvalue weighted by Crippen LogP contribution is 2.54. The van der Waals surface area contributed by atoms with Crippen LogP contribution in [0.5, 0.6) is 0 Å². The smallest absolute Gasteiger partial charge is 0.396 e. The molecule has 3 rings (SSSR count). The maximum Gasteiger partial charge on any atom is 0.494 e. The molecule has 0 radical (unpaired) electrons. The SMILES string of the molecule is NOC(=O)C1(OP(=O)(ON)OCC2OC(n3ccc(N)nc3=O)C(O)C2O)CC(O)CC(C(CCO)[C@H](O)CO)O1. The van der Waals surface area contributed by atoms with E-state index >= 15 is 0 Å². The highest BCUT2D eigenvalue weighted by Gasteiger charge is 2.57. The van der Waals surface area contributed by atoms with Crippen LogP contribution in [0.4, 0.5) is 5.82 Å². The van der Waals surface area contributed by atoms with E-state index in [9.17, 15) is 44.8 Å². The van der Waals surface area contributed by atoms with Gasteiger partial charge in [-0.2, -0.15) is 10.9 Å². The molecule has 1 aromatic heterocycles. The number of nitrogen functional groups attached to an aromatic ring is 1. The van der Waals surface area contributed by atoms with Crippen LogP contribution in [0, 0.1) is 5.92 Å². The molecule has 234 valence electrons. The predicted molar refractivity (Wildman–Crippen MR) is 130 cm³/mol. The van der Waals surface area contributed by atoms with E-state index in [1.54, 1.807) is 0 Å². The minimum Gasteiger partial charge on any atom is -0.396 e. The summed E-state index contributed by atoms with van der Waals surface area (Å²) >= 11 is 0. The molecule has 0 bridgehead atoms. The quantitative estimate of drug-likeness (QED) is 0.0745. The summed E-state index contributed by atoms with van der Waals surface area (Å²) in [6.07, 6.45) is -10.5. The number of carbonyl (C=O) groups excluding carboxylic acids is 1. The van der Waals surface area contributed by atoms with E-state index in [1.165, 1.54) is 6.07 Å². The summed E-state index contributed by atoms with van der Waals surface area (Å²) in [4.78, 5) is 32.6. The number of aliphatic hydroxyl groups excluding tert-OH is 6. The number of carbonyl (C=O) groups is 1. The number of nitrogens with two attached hydrogens (primary N) is 3. The van der Waals surface area contributed by atoms with Crippen LogP contribution in [-0.2, 0) is 37.3 Å². The number of nitrogens with zero attached hydrogens (tertiary/aromatic N) is 2. The van der Waals surface area contributed by atoms with Gasteiger partial charge < -0.3 is 50.7 Å². The van der Waals surface area contributed by atoms with E-state index in [0.29, 0.717) is 0 Å². The molecule has 0 amide bonds. The third-order valence-corrected chi connectivity index (χ3v) is 7.88. The normalized spacial score (nSPS) is 33.2. The van der Waals surface area contributed by atoms with Crippen molar-refractivity contribution in [2.75, 3.05) is 25.6 Å². The lowest BCUT2D eigenvalue weighted by molar-refractivity contribution is -0.280. The highest BCUT2D eigenvalue weighted by molar-refractivity contribution is 7.48. The van der Waals surface area contributed by atoms with Gasteiger partial charge in [0.1, 0.15) is 24.1 Å². The fourth-order valence-corrected chi connectivity index (χ4v) is 5.67. The van der Waals surface area contributed by atoms with Gasteiger partial charge in [-0.25, -0.2) is 29.2 Å². The summed E-state index contributed by atoms with van der Waals surface area (Å²) in [5, 5.41) is 60.3. The molecular formula is C20H34N5O15P. The maximum absolute atomic E-state index is 13.4. The van der Waals surface area contributed by atoms with E-state index < -0.39 is 100 Å². The van der Waals surface area contributed by atoms with Crippen LogP contribution < -0.4 is 23.2 Å². The molecule has 10 atom stereocenters. The zero-order valence-electron chi connectivity index (χ0n) is 21.4. The van der Waals surface area contributed by atoms with Crippen LogP contribution in [0.1, 0.15) is 25.5 Å². The van der Waals surface area contributed by atoms with Gasteiger partial charge in [0.25, 0.3) is 5.79 Å². The van der Waals surface area contributed by atoms with Gasteiger partial charge in [-0.05, 0) is 12.5 Å². The molecule has 41 heavy (non-hydrogen) atoms.